The maximum absolute atomic E-state index is 12.0. The average molecular weight is 384 g/mol. The minimum atomic E-state index is 0.0398. The van der Waals surface area contributed by atoms with Crippen LogP contribution < -0.4 is 5.32 Å². The van der Waals surface area contributed by atoms with Gasteiger partial charge in [0.15, 0.2) is 5.58 Å². The molecule has 0 atom stereocenters. The highest BCUT2D eigenvalue weighted by atomic mass is 16.3. The van der Waals surface area contributed by atoms with Crippen molar-refractivity contribution in [1.29, 1.82) is 0 Å². The molecule has 0 radical (unpaired) electrons. The van der Waals surface area contributed by atoms with Crippen molar-refractivity contribution in [3.8, 4) is 22.6 Å². The van der Waals surface area contributed by atoms with E-state index in [1.54, 1.807) is 0 Å². The Morgan fingerprint density at radius 1 is 0.897 bits per heavy atom. The molecule has 4 heteroatoms. The third-order valence-corrected chi connectivity index (χ3v) is 4.92. The number of nitrogens with zero attached hydrogens (tertiary/aromatic N) is 1. The highest BCUT2D eigenvalue weighted by Crippen LogP contribution is 2.28. The number of unbranched alkanes of at least 4 members (excludes halogenated alkanes) is 2. The summed E-state index contributed by atoms with van der Waals surface area (Å²) in [5.74, 6) is 0.615. The molecule has 0 bridgehead atoms. The van der Waals surface area contributed by atoms with Gasteiger partial charge in [-0.15, -0.1) is 0 Å². The third-order valence-electron chi connectivity index (χ3n) is 4.92. The molecule has 0 aliphatic heterocycles. The van der Waals surface area contributed by atoms with E-state index >= 15 is 0 Å². The molecule has 1 aromatic heterocycles. The second-order valence-corrected chi connectivity index (χ2v) is 7.15. The number of hydrogen-bond acceptors (Lipinski definition) is 3. The van der Waals surface area contributed by atoms with Gasteiger partial charge < -0.3 is 9.73 Å². The van der Waals surface area contributed by atoms with Crippen LogP contribution in [0.4, 0.5) is 5.69 Å². The third kappa shape index (κ3) is 4.54. The van der Waals surface area contributed by atoms with Crippen molar-refractivity contribution in [3.63, 3.8) is 0 Å². The minimum Gasteiger partial charge on any atom is -0.436 e. The Kier molecular flexibility index (Phi) is 5.71. The Hall–Kier alpha value is -3.40. The molecule has 1 heterocycles. The number of nitrogens with one attached hydrogen (secondary N) is 1. The summed E-state index contributed by atoms with van der Waals surface area (Å²) in [7, 11) is 0. The van der Waals surface area contributed by atoms with Crippen LogP contribution >= 0.6 is 0 Å². The van der Waals surface area contributed by atoms with E-state index in [2.05, 4.69) is 41.5 Å². The lowest BCUT2D eigenvalue weighted by atomic mass is 10.0. The van der Waals surface area contributed by atoms with Crippen LogP contribution in [0.25, 0.3) is 33.7 Å². The van der Waals surface area contributed by atoms with E-state index in [1.807, 2.05) is 48.5 Å². The van der Waals surface area contributed by atoms with E-state index in [4.69, 9.17) is 4.42 Å². The van der Waals surface area contributed by atoms with E-state index in [9.17, 15) is 4.79 Å². The zero-order valence-corrected chi connectivity index (χ0v) is 16.5. The van der Waals surface area contributed by atoms with Crippen molar-refractivity contribution in [2.45, 2.75) is 32.6 Å². The first-order valence-corrected chi connectivity index (χ1v) is 10.1. The van der Waals surface area contributed by atoms with E-state index in [-0.39, 0.29) is 5.91 Å². The van der Waals surface area contributed by atoms with Gasteiger partial charge in [0.1, 0.15) is 5.52 Å². The molecule has 29 heavy (non-hydrogen) atoms. The van der Waals surface area contributed by atoms with Crippen LogP contribution in [-0.4, -0.2) is 10.9 Å². The first-order valence-electron chi connectivity index (χ1n) is 10.1. The van der Waals surface area contributed by atoms with Gasteiger partial charge in [-0.05, 0) is 47.9 Å². The smallest absolute Gasteiger partial charge is 0.227 e. The van der Waals surface area contributed by atoms with Crippen LogP contribution in [-0.2, 0) is 4.79 Å². The molecule has 0 saturated heterocycles. The second kappa shape index (κ2) is 8.74. The molecule has 3 aromatic carbocycles. The highest BCUT2D eigenvalue weighted by molar-refractivity contribution is 5.93. The van der Waals surface area contributed by atoms with Crippen molar-refractivity contribution in [3.05, 3.63) is 72.8 Å². The predicted octanol–water partition coefficient (Wildman–Crippen LogP) is 6.68. The molecule has 0 saturated carbocycles. The average Bonchev–Trinajstić information content (AvgIpc) is 3.18. The maximum Gasteiger partial charge on any atom is 0.227 e. The Labute approximate surface area is 170 Å². The standard InChI is InChI=1S/C25H24N2O2/c1-2-3-5-10-24(28)26-21-15-16-23-22(17-21)27-25(29-23)20-13-11-19(12-14-20)18-8-6-4-7-9-18/h4,6-9,11-17H,2-3,5,10H2,1H3,(H,26,28). The summed E-state index contributed by atoms with van der Waals surface area (Å²) in [6, 6.07) is 24.0. The summed E-state index contributed by atoms with van der Waals surface area (Å²) < 4.78 is 5.92. The molecule has 0 aliphatic carbocycles. The lowest BCUT2D eigenvalue weighted by Crippen LogP contribution is -2.10. The molecule has 4 nitrogen and oxygen atoms in total. The van der Waals surface area contributed by atoms with Crippen LogP contribution in [0.2, 0.25) is 0 Å². The van der Waals surface area contributed by atoms with Crippen molar-refractivity contribution in [2.75, 3.05) is 5.32 Å². The van der Waals surface area contributed by atoms with E-state index < -0.39 is 0 Å². The number of hydrogen-bond donors (Lipinski definition) is 1. The number of amides is 1. The summed E-state index contributed by atoms with van der Waals surface area (Å²) in [4.78, 5) is 16.7. The van der Waals surface area contributed by atoms with Gasteiger partial charge in [-0.1, -0.05) is 62.2 Å². The van der Waals surface area contributed by atoms with Gasteiger partial charge in [0.25, 0.3) is 0 Å². The summed E-state index contributed by atoms with van der Waals surface area (Å²) in [5, 5.41) is 2.95. The second-order valence-electron chi connectivity index (χ2n) is 7.15. The van der Waals surface area contributed by atoms with Gasteiger partial charge in [0.05, 0.1) is 0 Å². The number of oxazole rings is 1. The lowest BCUT2D eigenvalue weighted by Gasteiger charge is -2.04. The zero-order chi connectivity index (χ0) is 20.1. The molecule has 1 N–H and O–H groups in total. The fraction of sp³-hybridized carbons (Fsp3) is 0.200. The van der Waals surface area contributed by atoms with Gasteiger partial charge in [-0.3, -0.25) is 4.79 Å². The van der Waals surface area contributed by atoms with Crippen molar-refractivity contribution in [1.82, 2.24) is 4.98 Å². The Balaban J connectivity index is 1.51. The largest absolute Gasteiger partial charge is 0.436 e. The van der Waals surface area contributed by atoms with Crippen LogP contribution in [0, 0.1) is 0 Å². The number of benzene rings is 3. The fourth-order valence-electron chi connectivity index (χ4n) is 3.32. The monoisotopic (exact) mass is 384 g/mol. The highest BCUT2D eigenvalue weighted by Gasteiger charge is 2.10. The molecule has 4 rings (SSSR count). The molecule has 0 aliphatic rings. The molecule has 0 spiro atoms. The lowest BCUT2D eigenvalue weighted by molar-refractivity contribution is -0.116. The van der Waals surface area contributed by atoms with Crippen molar-refractivity contribution in [2.24, 2.45) is 0 Å². The summed E-state index contributed by atoms with van der Waals surface area (Å²) in [6.45, 7) is 2.13. The van der Waals surface area contributed by atoms with Crippen LogP contribution in [0.1, 0.15) is 32.6 Å². The van der Waals surface area contributed by atoms with Crippen LogP contribution in [0.5, 0.6) is 0 Å². The van der Waals surface area contributed by atoms with Crippen molar-refractivity contribution >= 4 is 22.7 Å². The molecular weight excluding hydrogens is 360 g/mol. The molecular formula is C25H24N2O2. The van der Waals surface area contributed by atoms with Gasteiger partial charge >= 0.3 is 0 Å². The zero-order valence-electron chi connectivity index (χ0n) is 16.5. The number of fused-ring (bicyclic) bond motifs is 1. The Bertz CT molecular complexity index is 1100. The van der Waals surface area contributed by atoms with Gasteiger partial charge in [-0.2, -0.15) is 0 Å². The summed E-state index contributed by atoms with van der Waals surface area (Å²) in [5.41, 5.74) is 5.44. The minimum absolute atomic E-state index is 0.0398. The number of carbonyl (C=O) groups excluding carboxylic acids is 1. The van der Waals surface area contributed by atoms with E-state index in [0.717, 1.165) is 41.6 Å². The normalized spacial score (nSPS) is 10.9. The fourth-order valence-corrected chi connectivity index (χ4v) is 3.32. The molecule has 0 fully saturated rings. The molecule has 0 unspecified atom stereocenters. The number of aromatic nitrogens is 1. The van der Waals surface area contributed by atoms with Crippen LogP contribution in [0.15, 0.2) is 77.2 Å². The molecule has 4 aromatic rings. The quantitative estimate of drug-likeness (QED) is 0.362. The van der Waals surface area contributed by atoms with Crippen molar-refractivity contribution < 1.29 is 9.21 Å². The maximum atomic E-state index is 12.0. The summed E-state index contributed by atoms with van der Waals surface area (Å²) >= 11 is 0. The first kappa shape index (κ1) is 18.9. The van der Waals surface area contributed by atoms with Gasteiger partial charge in [-0.25, -0.2) is 4.98 Å². The Morgan fingerprint density at radius 3 is 2.38 bits per heavy atom. The van der Waals surface area contributed by atoms with Gasteiger partial charge in [0, 0.05) is 17.7 Å². The molecule has 146 valence electrons. The number of carbonyl (C=O) groups is 1. The summed E-state index contributed by atoms with van der Waals surface area (Å²) in [6.07, 6.45) is 3.64. The molecule has 1 amide bonds. The van der Waals surface area contributed by atoms with Crippen LogP contribution in [0.3, 0.4) is 0 Å². The SMILES string of the molecule is CCCCCC(=O)Nc1ccc2oc(-c3ccc(-c4ccccc4)cc3)nc2c1. The predicted molar refractivity (Wildman–Crippen MR) is 118 cm³/mol. The number of rotatable bonds is 7. The van der Waals surface area contributed by atoms with E-state index in [0.29, 0.717) is 17.9 Å². The van der Waals surface area contributed by atoms with Gasteiger partial charge in [0.2, 0.25) is 11.8 Å². The topological polar surface area (TPSA) is 55.1 Å². The van der Waals surface area contributed by atoms with E-state index in [1.165, 1.54) is 5.56 Å². The first-order chi connectivity index (χ1) is 14.2. The Morgan fingerprint density at radius 2 is 1.62 bits per heavy atom. The number of anilines is 1.